The van der Waals surface area contributed by atoms with Crippen LogP contribution in [-0.4, -0.2) is 17.0 Å². The van der Waals surface area contributed by atoms with Gasteiger partial charge in [-0.05, 0) is 35.4 Å². The molecule has 0 aliphatic carbocycles. The van der Waals surface area contributed by atoms with E-state index in [0.717, 1.165) is 6.08 Å². The standard InChI is InChI=1S/C14H14OS.C3H3ClO/c15-11-14(12-7-3-1-4-8-12)16-13-9-5-2-6-10-13;1-2-3(4)5/h1-10,14-15H,11H2;2H,1H2. The molecule has 2 nitrogen and oxygen atoms in total. The van der Waals surface area contributed by atoms with E-state index < -0.39 is 5.24 Å². The van der Waals surface area contributed by atoms with Crippen molar-refractivity contribution in [2.45, 2.75) is 10.1 Å². The topological polar surface area (TPSA) is 37.3 Å². The van der Waals surface area contributed by atoms with Gasteiger partial charge in [0.1, 0.15) is 0 Å². The Balaban J connectivity index is 0.000000383. The van der Waals surface area contributed by atoms with Crippen molar-refractivity contribution < 1.29 is 9.90 Å². The Bertz CT molecular complexity index is 543. The second-order valence-electron chi connectivity index (χ2n) is 4.02. The number of aliphatic hydroxyl groups excluding tert-OH is 1. The minimum absolute atomic E-state index is 0.114. The highest BCUT2D eigenvalue weighted by Crippen LogP contribution is 2.34. The summed E-state index contributed by atoms with van der Waals surface area (Å²) in [7, 11) is 0. The van der Waals surface area contributed by atoms with Gasteiger partial charge in [0, 0.05) is 4.90 Å². The van der Waals surface area contributed by atoms with Crippen LogP contribution in [0.2, 0.25) is 0 Å². The van der Waals surface area contributed by atoms with E-state index in [0.29, 0.717) is 0 Å². The summed E-state index contributed by atoms with van der Waals surface area (Å²) in [6.07, 6.45) is 1.04. The molecule has 0 aliphatic rings. The van der Waals surface area contributed by atoms with Crippen LogP contribution in [0.5, 0.6) is 0 Å². The zero-order valence-electron chi connectivity index (χ0n) is 11.5. The predicted octanol–water partition coefficient (Wildman–Crippen LogP) is 4.45. The predicted molar refractivity (Wildman–Crippen MR) is 89.6 cm³/mol. The number of carbonyl (C=O) groups excluding carboxylic acids is 1. The number of hydrogen-bond acceptors (Lipinski definition) is 3. The third kappa shape index (κ3) is 7.14. The summed E-state index contributed by atoms with van der Waals surface area (Å²) in [6, 6.07) is 20.3. The Kier molecular flexibility index (Phi) is 8.51. The molecule has 0 saturated heterocycles. The zero-order chi connectivity index (χ0) is 15.5. The minimum atomic E-state index is -0.509. The molecule has 0 saturated carbocycles. The molecule has 0 radical (unpaired) electrons. The molecule has 110 valence electrons. The molecule has 1 N–H and O–H groups in total. The fourth-order valence-corrected chi connectivity index (χ4v) is 2.55. The molecule has 0 heterocycles. The fourth-order valence-electron chi connectivity index (χ4n) is 1.54. The maximum Gasteiger partial charge on any atom is 0.244 e. The quantitative estimate of drug-likeness (QED) is 0.502. The lowest BCUT2D eigenvalue weighted by molar-refractivity contribution is -0.107. The summed E-state index contributed by atoms with van der Waals surface area (Å²) in [5.74, 6) is 0. The lowest BCUT2D eigenvalue weighted by Crippen LogP contribution is -1.99. The van der Waals surface area contributed by atoms with Gasteiger partial charge in [-0.1, -0.05) is 55.1 Å². The molecule has 21 heavy (non-hydrogen) atoms. The number of halogens is 1. The number of benzene rings is 2. The Morgan fingerprint density at radius 3 is 2.05 bits per heavy atom. The van der Waals surface area contributed by atoms with Crippen LogP contribution in [-0.2, 0) is 4.79 Å². The van der Waals surface area contributed by atoms with Gasteiger partial charge in [-0.15, -0.1) is 11.8 Å². The third-order valence-electron chi connectivity index (χ3n) is 2.52. The highest BCUT2D eigenvalue weighted by atomic mass is 35.5. The highest BCUT2D eigenvalue weighted by Gasteiger charge is 2.10. The van der Waals surface area contributed by atoms with Crippen LogP contribution in [0.1, 0.15) is 10.8 Å². The fraction of sp³-hybridized carbons (Fsp3) is 0.118. The van der Waals surface area contributed by atoms with Crippen LogP contribution in [0.4, 0.5) is 0 Å². The third-order valence-corrected chi connectivity index (χ3v) is 3.92. The first-order valence-electron chi connectivity index (χ1n) is 6.36. The molecule has 4 heteroatoms. The summed E-state index contributed by atoms with van der Waals surface area (Å²) < 4.78 is 0. The number of allylic oxidation sites excluding steroid dienone is 1. The Morgan fingerprint density at radius 2 is 1.62 bits per heavy atom. The first-order chi connectivity index (χ1) is 10.2. The molecule has 2 aromatic carbocycles. The van der Waals surface area contributed by atoms with E-state index in [1.54, 1.807) is 11.8 Å². The van der Waals surface area contributed by atoms with E-state index in [4.69, 9.17) is 11.6 Å². The van der Waals surface area contributed by atoms with Crippen LogP contribution < -0.4 is 0 Å². The molecular formula is C17H17ClO2S. The SMILES string of the molecule is C=CC(=O)Cl.OCC(Sc1ccccc1)c1ccccc1. The van der Waals surface area contributed by atoms with Gasteiger partial charge in [0.25, 0.3) is 0 Å². The molecular weight excluding hydrogens is 304 g/mol. The van der Waals surface area contributed by atoms with Gasteiger partial charge in [0.05, 0.1) is 11.9 Å². The largest absolute Gasteiger partial charge is 0.395 e. The van der Waals surface area contributed by atoms with Crippen molar-refractivity contribution in [2.24, 2.45) is 0 Å². The van der Waals surface area contributed by atoms with E-state index in [1.807, 2.05) is 36.4 Å². The van der Waals surface area contributed by atoms with Crippen molar-refractivity contribution in [1.82, 2.24) is 0 Å². The van der Waals surface area contributed by atoms with Gasteiger partial charge in [-0.3, -0.25) is 4.79 Å². The van der Waals surface area contributed by atoms with Crippen LogP contribution in [0, 0.1) is 0 Å². The van der Waals surface area contributed by atoms with Crippen molar-refractivity contribution in [3.63, 3.8) is 0 Å². The second-order valence-corrected chi connectivity index (χ2v) is 5.67. The highest BCUT2D eigenvalue weighted by molar-refractivity contribution is 7.99. The monoisotopic (exact) mass is 320 g/mol. The molecule has 0 bridgehead atoms. The van der Waals surface area contributed by atoms with E-state index in [2.05, 4.69) is 30.8 Å². The maximum atomic E-state index is 9.46. The molecule has 1 unspecified atom stereocenters. The van der Waals surface area contributed by atoms with Gasteiger partial charge in [0.15, 0.2) is 0 Å². The summed E-state index contributed by atoms with van der Waals surface area (Å²) in [6.45, 7) is 3.24. The molecule has 2 aromatic rings. The van der Waals surface area contributed by atoms with Crippen LogP contribution in [0.3, 0.4) is 0 Å². The summed E-state index contributed by atoms with van der Waals surface area (Å²) >= 11 is 6.40. The molecule has 1 atom stereocenters. The van der Waals surface area contributed by atoms with E-state index >= 15 is 0 Å². The second kappa shape index (κ2) is 10.2. The van der Waals surface area contributed by atoms with Crippen molar-refractivity contribution in [3.05, 3.63) is 78.9 Å². The van der Waals surface area contributed by atoms with E-state index in [1.165, 1.54) is 10.5 Å². The molecule has 0 aromatic heterocycles. The zero-order valence-corrected chi connectivity index (χ0v) is 13.1. The van der Waals surface area contributed by atoms with Crippen LogP contribution >= 0.6 is 23.4 Å². The summed E-state index contributed by atoms with van der Waals surface area (Å²) in [4.78, 5) is 10.6. The average Bonchev–Trinajstić information content (AvgIpc) is 2.55. The lowest BCUT2D eigenvalue weighted by atomic mass is 10.2. The molecule has 0 fully saturated rings. The lowest BCUT2D eigenvalue weighted by Gasteiger charge is -2.13. The van der Waals surface area contributed by atoms with Gasteiger partial charge >= 0.3 is 0 Å². The van der Waals surface area contributed by atoms with Gasteiger partial charge in [0.2, 0.25) is 5.24 Å². The maximum absolute atomic E-state index is 9.46. The molecule has 0 aliphatic heterocycles. The number of thioether (sulfide) groups is 1. The number of rotatable bonds is 5. The Morgan fingerprint density at radius 1 is 1.14 bits per heavy atom. The van der Waals surface area contributed by atoms with Crippen molar-refractivity contribution in [1.29, 1.82) is 0 Å². The normalized spacial score (nSPS) is 11.0. The van der Waals surface area contributed by atoms with Gasteiger partial charge in [-0.2, -0.15) is 0 Å². The Hall–Kier alpha value is -1.55. The van der Waals surface area contributed by atoms with Crippen molar-refractivity contribution in [2.75, 3.05) is 6.61 Å². The summed E-state index contributed by atoms with van der Waals surface area (Å²) in [5, 5.41) is 9.03. The first kappa shape index (κ1) is 17.5. The molecule has 0 amide bonds. The molecule has 0 spiro atoms. The minimum Gasteiger partial charge on any atom is -0.395 e. The van der Waals surface area contributed by atoms with E-state index in [9.17, 15) is 9.90 Å². The average molecular weight is 321 g/mol. The Labute approximate surface area is 134 Å². The van der Waals surface area contributed by atoms with Crippen LogP contribution in [0.25, 0.3) is 0 Å². The van der Waals surface area contributed by atoms with Crippen LogP contribution in [0.15, 0.2) is 78.2 Å². The van der Waals surface area contributed by atoms with Gasteiger partial charge < -0.3 is 5.11 Å². The number of hydrogen-bond donors (Lipinski definition) is 1. The number of aliphatic hydroxyl groups is 1. The smallest absolute Gasteiger partial charge is 0.244 e. The summed E-state index contributed by atoms with van der Waals surface area (Å²) in [5.41, 5.74) is 1.17. The van der Waals surface area contributed by atoms with Gasteiger partial charge in [-0.25, -0.2) is 0 Å². The first-order valence-corrected chi connectivity index (χ1v) is 7.62. The molecule has 2 rings (SSSR count). The number of carbonyl (C=O) groups is 1. The van der Waals surface area contributed by atoms with E-state index in [-0.39, 0.29) is 11.9 Å². The van der Waals surface area contributed by atoms with Crippen molar-refractivity contribution in [3.8, 4) is 0 Å². The van der Waals surface area contributed by atoms with Crippen molar-refractivity contribution >= 4 is 28.6 Å².